The molecule has 2 nitrogen and oxygen atoms in total. The molecule has 2 heteroatoms. The van der Waals surface area contributed by atoms with Gasteiger partial charge in [0.05, 0.1) is 0 Å². The van der Waals surface area contributed by atoms with Crippen molar-refractivity contribution in [3.8, 4) is 55.6 Å². The lowest BCUT2D eigenvalue weighted by Crippen LogP contribution is -2.15. The van der Waals surface area contributed by atoms with Crippen molar-refractivity contribution in [3.63, 3.8) is 0 Å². The third-order valence-electron chi connectivity index (χ3n) is 13.3. The van der Waals surface area contributed by atoms with Crippen LogP contribution < -0.4 is 4.90 Å². The van der Waals surface area contributed by atoms with E-state index >= 15 is 0 Å². The summed E-state index contributed by atoms with van der Waals surface area (Å²) in [4.78, 5) is 2.35. The van der Waals surface area contributed by atoms with Crippen LogP contribution >= 0.6 is 0 Å². The molecular weight excluding hydrogens is 763 g/mol. The standard InChI is InChI=1S/C61H43NO/c1-61(2)56-38-45(27-35-53(56)60-52-19-10-9-17-50(52)54(39-57(60)61)46-28-36-59-55(37-46)51-18-11-12-20-58(51)63-59)44-25-33-49(34-26-44)62(47-29-21-42(22-30-47)40-13-5-3-6-14-40)48-31-23-43(24-32-48)41-15-7-4-8-16-41/h3-39H,1-2H3. The quantitative estimate of drug-likeness (QED) is 0.160. The van der Waals surface area contributed by atoms with E-state index in [0.717, 1.165) is 39.0 Å². The maximum absolute atomic E-state index is 6.22. The average Bonchev–Trinajstić information content (AvgIpc) is 3.83. The SMILES string of the molecule is CC1(C)c2cc(-c3ccc(N(c4ccc(-c5ccccc5)cc4)c4ccc(-c5ccccc5)cc4)cc3)ccc2-c2c1cc(-c1ccc3oc4ccccc4c3c1)c1ccccc21. The first-order valence-electron chi connectivity index (χ1n) is 21.8. The third-order valence-corrected chi connectivity index (χ3v) is 13.3. The highest BCUT2D eigenvalue weighted by Crippen LogP contribution is 2.54. The smallest absolute Gasteiger partial charge is 0.135 e. The van der Waals surface area contributed by atoms with Gasteiger partial charge in [-0.25, -0.2) is 0 Å². The first kappa shape index (κ1) is 36.9. The molecule has 0 spiro atoms. The molecule has 298 valence electrons. The van der Waals surface area contributed by atoms with Crippen molar-refractivity contribution in [1.29, 1.82) is 0 Å². The van der Waals surface area contributed by atoms with Gasteiger partial charge in [-0.2, -0.15) is 0 Å². The Hall–Kier alpha value is -7.94. The first-order valence-corrected chi connectivity index (χ1v) is 21.8. The van der Waals surface area contributed by atoms with Gasteiger partial charge in [-0.1, -0.05) is 172 Å². The molecule has 0 aliphatic heterocycles. The van der Waals surface area contributed by atoms with E-state index in [1.54, 1.807) is 0 Å². The zero-order valence-electron chi connectivity index (χ0n) is 35.2. The number of fused-ring (bicyclic) bond motifs is 8. The molecule has 0 saturated heterocycles. The number of para-hydroxylation sites is 1. The van der Waals surface area contributed by atoms with Crippen LogP contribution in [-0.2, 0) is 5.41 Å². The lowest BCUT2D eigenvalue weighted by molar-refractivity contribution is 0.661. The third kappa shape index (κ3) is 6.17. The lowest BCUT2D eigenvalue weighted by atomic mass is 9.80. The molecule has 12 rings (SSSR count). The minimum Gasteiger partial charge on any atom is -0.456 e. The summed E-state index contributed by atoms with van der Waals surface area (Å²) in [6.45, 7) is 4.78. The van der Waals surface area contributed by atoms with E-state index in [1.807, 2.05) is 6.07 Å². The molecular formula is C61H43NO. The van der Waals surface area contributed by atoms with Crippen LogP contribution in [0.25, 0.3) is 88.3 Å². The van der Waals surface area contributed by atoms with E-state index in [2.05, 4.69) is 237 Å². The van der Waals surface area contributed by atoms with Crippen molar-refractivity contribution in [2.24, 2.45) is 0 Å². The van der Waals surface area contributed by atoms with Crippen LogP contribution in [0.3, 0.4) is 0 Å². The molecule has 10 aromatic carbocycles. The van der Waals surface area contributed by atoms with Gasteiger partial charge in [0.25, 0.3) is 0 Å². The molecule has 1 heterocycles. The molecule has 0 N–H and O–H groups in total. The zero-order chi connectivity index (χ0) is 42.1. The van der Waals surface area contributed by atoms with Crippen LogP contribution in [-0.4, -0.2) is 0 Å². The first-order chi connectivity index (χ1) is 31.0. The maximum atomic E-state index is 6.22. The van der Waals surface area contributed by atoms with Gasteiger partial charge in [0, 0.05) is 33.2 Å². The molecule has 1 aliphatic carbocycles. The van der Waals surface area contributed by atoms with Gasteiger partial charge < -0.3 is 9.32 Å². The van der Waals surface area contributed by atoms with E-state index in [9.17, 15) is 0 Å². The Labute approximate surface area is 368 Å². The molecule has 1 aromatic heterocycles. The van der Waals surface area contributed by atoms with Crippen LogP contribution in [0.2, 0.25) is 0 Å². The van der Waals surface area contributed by atoms with Crippen molar-refractivity contribution in [1.82, 2.24) is 0 Å². The largest absolute Gasteiger partial charge is 0.456 e. The predicted molar refractivity (Wildman–Crippen MR) is 265 cm³/mol. The van der Waals surface area contributed by atoms with Crippen molar-refractivity contribution >= 4 is 49.8 Å². The highest BCUT2D eigenvalue weighted by atomic mass is 16.3. The summed E-state index contributed by atoms with van der Waals surface area (Å²) in [5, 5.41) is 4.85. The van der Waals surface area contributed by atoms with Gasteiger partial charge >= 0.3 is 0 Å². The summed E-state index contributed by atoms with van der Waals surface area (Å²) in [6, 6.07) is 81.5. The van der Waals surface area contributed by atoms with E-state index in [4.69, 9.17) is 4.42 Å². The number of hydrogen-bond donors (Lipinski definition) is 0. The highest BCUT2D eigenvalue weighted by Gasteiger charge is 2.37. The van der Waals surface area contributed by atoms with Gasteiger partial charge in [-0.05, 0) is 144 Å². The number of anilines is 3. The summed E-state index contributed by atoms with van der Waals surface area (Å²) in [5.74, 6) is 0. The Morgan fingerprint density at radius 2 is 0.778 bits per heavy atom. The Bertz CT molecular complexity index is 3410. The number of furan rings is 1. The van der Waals surface area contributed by atoms with E-state index < -0.39 is 0 Å². The zero-order valence-corrected chi connectivity index (χ0v) is 35.2. The fourth-order valence-electron chi connectivity index (χ4n) is 10.0. The van der Waals surface area contributed by atoms with E-state index in [1.165, 1.54) is 77.5 Å². The summed E-state index contributed by atoms with van der Waals surface area (Å²) < 4.78 is 6.22. The topological polar surface area (TPSA) is 16.4 Å². The number of rotatable bonds is 7. The van der Waals surface area contributed by atoms with Crippen LogP contribution in [0.4, 0.5) is 17.1 Å². The van der Waals surface area contributed by atoms with Gasteiger partial charge in [-0.3, -0.25) is 0 Å². The monoisotopic (exact) mass is 805 g/mol. The van der Waals surface area contributed by atoms with Gasteiger partial charge in [0.15, 0.2) is 0 Å². The van der Waals surface area contributed by atoms with E-state index in [0.29, 0.717) is 0 Å². The Balaban J connectivity index is 0.912. The summed E-state index contributed by atoms with van der Waals surface area (Å²) in [5.41, 5.74) is 20.0. The summed E-state index contributed by atoms with van der Waals surface area (Å²) in [7, 11) is 0. The molecule has 63 heavy (non-hydrogen) atoms. The van der Waals surface area contributed by atoms with Crippen molar-refractivity contribution < 1.29 is 4.42 Å². The normalized spacial score (nSPS) is 12.7. The Kier molecular flexibility index (Phi) is 8.55. The number of benzene rings is 10. The molecule has 0 unspecified atom stereocenters. The fourth-order valence-corrected chi connectivity index (χ4v) is 10.0. The van der Waals surface area contributed by atoms with Gasteiger partial charge in [0.2, 0.25) is 0 Å². The Morgan fingerprint density at radius 1 is 0.317 bits per heavy atom. The van der Waals surface area contributed by atoms with Crippen LogP contribution in [0.1, 0.15) is 25.0 Å². The van der Waals surface area contributed by atoms with E-state index in [-0.39, 0.29) is 5.41 Å². The Morgan fingerprint density at radius 3 is 1.38 bits per heavy atom. The highest BCUT2D eigenvalue weighted by molar-refractivity contribution is 6.11. The maximum Gasteiger partial charge on any atom is 0.135 e. The van der Waals surface area contributed by atoms with Gasteiger partial charge in [-0.15, -0.1) is 0 Å². The molecule has 0 saturated carbocycles. The predicted octanol–water partition coefficient (Wildman–Crippen LogP) is 17.2. The number of nitrogens with zero attached hydrogens (tertiary/aromatic N) is 1. The molecule has 0 atom stereocenters. The number of hydrogen-bond acceptors (Lipinski definition) is 2. The van der Waals surface area contributed by atoms with Crippen molar-refractivity contribution in [2.45, 2.75) is 19.3 Å². The second-order valence-corrected chi connectivity index (χ2v) is 17.3. The fraction of sp³-hybridized carbons (Fsp3) is 0.0492. The van der Waals surface area contributed by atoms with Gasteiger partial charge in [0.1, 0.15) is 11.2 Å². The summed E-state index contributed by atoms with van der Waals surface area (Å²) >= 11 is 0. The lowest BCUT2D eigenvalue weighted by Gasteiger charge is -2.26. The second kappa shape index (κ2) is 14.6. The van der Waals surface area contributed by atoms with Crippen LogP contribution in [0, 0.1) is 0 Å². The van der Waals surface area contributed by atoms with Crippen molar-refractivity contribution in [2.75, 3.05) is 4.90 Å². The van der Waals surface area contributed by atoms with Crippen LogP contribution in [0.15, 0.2) is 229 Å². The average molecular weight is 806 g/mol. The van der Waals surface area contributed by atoms with Crippen molar-refractivity contribution in [3.05, 3.63) is 236 Å². The molecule has 0 fully saturated rings. The second-order valence-electron chi connectivity index (χ2n) is 17.3. The minimum absolute atomic E-state index is 0.208. The molecule has 0 bridgehead atoms. The molecule has 11 aromatic rings. The van der Waals surface area contributed by atoms with Crippen LogP contribution in [0.5, 0.6) is 0 Å². The summed E-state index contributed by atoms with van der Waals surface area (Å²) in [6.07, 6.45) is 0. The molecule has 1 aliphatic rings. The minimum atomic E-state index is -0.208. The molecule has 0 amide bonds. The molecule has 0 radical (unpaired) electrons.